The van der Waals surface area contributed by atoms with Crippen molar-refractivity contribution in [2.24, 2.45) is 0 Å². The molecule has 3 aromatic rings. The molecule has 0 spiro atoms. The number of nitrogens with zero attached hydrogens (tertiary/aromatic N) is 4. The Morgan fingerprint density at radius 3 is 2.68 bits per heavy atom. The van der Waals surface area contributed by atoms with E-state index in [-0.39, 0.29) is 5.82 Å². The Morgan fingerprint density at radius 1 is 1.16 bits per heavy atom. The third kappa shape index (κ3) is 1.96. The molecule has 0 aliphatic carbocycles. The van der Waals surface area contributed by atoms with Crippen molar-refractivity contribution in [1.82, 2.24) is 19.6 Å². The number of halogens is 2. The molecule has 0 saturated carbocycles. The smallest absolute Gasteiger partial charge is 0.172 e. The predicted molar refractivity (Wildman–Crippen MR) is 70.7 cm³/mol. The van der Waals surface area contributed by atoms with Crippen molar-refractivity contribution in [2.45, 2.75) is 13.8 Å². The topological polar surface area (TPSA) is 43.1 Å². The van der Waals surface area contributed by atoms with Gasteiger partial charge in [-0.05, 0) is 31.5 Å². The Kier molecular flexibility index (Phi) is 2.71. The molecule has 0 N–H and O–H groups in total. The Labute approximate surface area is 113 Å². The molecule has 0 saturated heterocycles. The molecule has 2 aromatic heterocycles. The van der Waals surface area contributed by atoms with Gasteiger partial charge in [0.2, 0.25) is 0 Å². The fourth-order valence-electron chi connectivity index (χ4n) is 2.03. The zero-order valence-corrected chi connectivity index (χ0v) is 11.1. The van der Waals surface area contributed by atoms with Gasteiger partial charge in [0.05, 0.1) is 5.56 Å². The molecule has 4 nitrogen and oxygen atoms in total. The van der Waals surface area contributed by atoms with Crippen LogP contribution in [-0.2, 0) is 0 Å². The Hall–Kier alpha value is -2.01. The molecule has 19 heavy (non-hydrogen) atoms. The first-order valence-corrected chi connectivity index (χ1v) is 6.09. The van der Waals surface area contributed by atoms with Crippen LogP contribution in [0.2, 0.25) is 5.15 Å². The molecular formula is C13H10ClFN4. The molecule has 0 radical (unpaired) electrons. The predicted octanol–water partition coefficient (Wildman–Crippen LogP) is 3.20. The Balaban J connectivity index is 2.31. The number of aromatic nitrogens is 4. The highest BCUT2D eigenvalue weighted by atomic mass is 35.5. The van der Waals surface area contributed by atoms with Crippen LogP contribution < -0.4 is 0 Å². The molecule has 0 fully saturated rings. The summed E-state index contributed by atoms with van der Waals surface area (Å²) in [6, 6.07) is 6.58. The second kappa shape index (κ2) is 4.28. The van der Waals surface area contributed by atoms with E-state index in [1.165, 1.54) is 6.07 Å². The molecule has 2 heterocycles. The van der Waals surface area contributed by atoms with Gasteiger partial charge < -0.3 is 0 Å². The Bertz CT molecular complexity index is 782. The van der Waals surface area contributed by atoms with Crippen LogP contribution in [0.25, 0.3) is 17.0 Å². The maximum Gasteiger partial charge on any atom is 0.172 e. The van der Waals surface area contributed by atoms with Crippen molar-refractivity contribution < 1.29 is 4.39 Å². The van der Waals surface area contributed by atoms with Crippen LogP contribution >= 0.6 is 11.6 Å². The highest BCUT2D eigenvalue weighted by molar-refractivity contribution is 6.29. The summed E-state index contributed by atoms with van der Waals surface area (Å²) in [7, 11) is 0. The quantitative estimate of drug-likeness (QED) is 0.641. The number of hydrogen-bond donors (Lipinski definition) is 0. The second-order valence-electron chi connectivity index (χ2n) is 4.33. The number of benzene rings is 1. The number of hydrogen-bond acceptors (Lipinski definition) is 3. The molecular weight excluding hydrogens is 267 g/mol. The van der Waals surface area contributed by atoms with Gasteiger partial charge in [-0.1, -0.05) is 17.7 Å². The van der Waals surface area contributed by atoms with Crippen molar-refractivity contribution in [3.05, 3.63) is 46.6 Å². The second-order valence-corrected chi connectivity index (χ2v) is 4.71. The van der Waals surface area contributed by atoms with E-state index in [4.69, 9.17) is 11.6 Å². The summed E-state index contributed by atoms with van der Waals surface area (Å²) in [5.41, 5.74) is 1.80. The summed E-state index contributed by atoms with van der Waals surface area (Å²) in [6.07, 6.45) is 0. The van der Waals surface area contributed by atoms with E-state index in [0.717, 1.165) is 5.56 Å². The summed E-state index contributed by atoms with van der Waals surface area (Å²) in [5.74, 6) is 0.709. The van der Waals surface area contributed by atoms with Crippen molar-refractivity contribution in [3.8, 4) is 11.4 Å². The van der Waals surface area contributed by atoms with E-state index in [1.807, 2.05) is 13.0 Å². The first kappa shape index (κ1) is 12.0. The van der Waals surface area contributed by atoms with Crippen LogP contribution in [0.5, 0.6) is 0 Å². The van der Waals surface area contributed by atoms with E-state index in [1.54, 1.807) is 23.5 Å². The fourth-order valence-corrected chi connectivity index (χ4v) is 2.25. The molecule has 0 unspecified atom stereocenters. The van der Waals surface area contributed by atoms with Gasteiger partial charge >= 0.3 is 0 Å². The van der Waals surface area contributed by atoms with Gasteiger partial charge in [-0.2, -0.15) is 0 Å². The zero-order chi connectivity index (χ0) is 13.6. The minimum atomic E-state index is -0.330. The van der Waals surface area contributed by atoms with E-state index < -0.39 is 0 Å². The van der Waals surface area contributed by atoms with Crippen LogP contribution in [0.1, 0.15) is 11.4 Å². The van der Waals surface area contributed by atoms with Crippen molar-refractivity contribution in [1.29, 1.82) is 0 Å². The third-order valence-corrected chi connectivity index (χ3v) is 3.09. The SMILES string of the molecule is Cc1ccc(-c2nnc3cc(Cl)nc(C)n23)c(F)c1. The third-order valence-electron chi connectivity index (χ3n) is 2.89. The first-order chi connectivity index (χ1) is 9.06. The lowest BCUT2D eigenvalue weighted by molar-refractivity contribution is 0.628. The average molecular weight is 277 g/mol. The largest absolute Gasteiger partial charge is 0.263 e. The first-order valence-electron chi connectivity index (χ1n) is 5.71. The zero-order valence-electron chi connectivity index (χ0n) is 10.4. The Morgan fingerprint density at radius 2 is 1.95 bits per heavy atom. The van der Waals surface area contributed by atoms with Crippen LogP contribution in [-0.4, -0.2) is 19.6 Å². The van der Waals surface area contributed by atoms with Crippen LogP contribution in [0, 0.1) is 19.7 Å². The van der Waals surface area contributed by atoms with Crippen LogP contribution in [0.4, 0.5) is 4.39 Å². The molecule has 0 bridgehead atoms. The molecule has 1 aromatic carbocycles. The lowest BCUT2D eigenvalue weighted by atomic mass is 10.1. The number of fused-ring (bicyclic) bond motifs is 1. The lowest BCUT2D eigenvalue weighted by Crippen LogP contribution is -1.99. The molecule has 0 atom stereocenters. The molecule has 0 aliphatic heterocycles. The average Bonchev–Trinajstić information content (AvgIpc) is 2.72. The van der Waals surface area contributed by atoms with Gasteiger partial charge in [-0.3, -0.25) is 4.40 Å². The van der Waals surface area contributed by atoms with E-state index in [2.05, 4.69) is 15.2 Å². The fraction of sp³-hybridized carbons (Fsp3) is 0.154. The number of aryl methyl sites for hydroxylation is 2. The van der Waals surface area contributed by atoms with Gasteiger partial charge in [0, 0.05) is 6.07 Å². The van der Waals surface area contributed by atoms with E-state index in [9.17, 15) is 4.39 Å². The lowest BCUT2D eigenvalue weighted by Gasteiger charge is -2.05. The normalized spacial score (nSPS) is 11.2. The molecule has 6 heteroatoms. The minimum absolute atomic E-state index is 0.330. The highest BCUT2D eigenvalue weighted by Gasteiger charge is 2.15. The van der Waals surface area contributed by atoms with Gasteiger partial charge in [0.25, 0.3) is 0 Å². The summed E-state index contributed by atoms with van der Waals surface area (Å²) in [6.45, 7) is 3.61. The van der Waals surface area contributed by atoms with Crippen molar-refractivity contribution >= 4 is 17.2 Å². The van der Waals surface area contributed by atoms with Gasteiger partial charge in [0.15, 0.2) is 11.5 Å². The monoisotopic (exact) mass is 276 g/mol. The van der Waals surface area contributed by atoms with Crippen molar-refractivity contribution in [2.75, 3.05) is 0 Å². The minimum Gasteiger partial charge on any atom is -0.263 e. The molecule has 96 valence electrons. The number of rotatable bonds is 1. The summed E-state index contributed by atoms with van der Waals surface area (Å²) < 4.78 is 15.7. The standard InChI is InChI=1S/C13H10ClFN4/c1-7-3-4-9(10(15)5-7)13-18-17-12-6-11(14)16-8(2)19(12)13/h3-6H,1-2H3. The van der Waals surface area contributed by atoms with Gasteiger partial charge in [-0.15, -0.1) is 10.2 Å². The van der Waals surface area contributed by atoms with Gasteiger partial charge in [0.1, 0.15) is 16.8 Å². The van der Waals surface area contributed by atoms with Gasteiger partial charge in [-0.25, -0.2) is 9.37 Å². The molecule has 0 amide bonds. The van der Waals surface area contributed by atoms with Crippen molar-refractivity contribution in [3.63, 3.8) is 0 Å². The molecule has 0 aliphatic rings. The maximum absolute atomic E-state index is 14.0. The van der Waals surface area contributed by atoms with E-state index >= 15 is 0 Å². The summed E-state index contributed by atoms with van der Waals surface area (Å²) in [4.78, 5) is 4.13. The summed E-state index contributed by atoms with van der Waals surface area (Å²) in [5, 5.41) is 8.38. The van der Waals surface area contributed by atoms with E-state index in [0.29, 0.717) is 28.0 Å². The molecule has 3 rings (SSSR count). The van der Waals surface area contributed by atoms with Crippen LogP contribution in [0.3, 0.4) is 0 Å². The van der Waals surface area contributed by atoms with Crippen LogP contribution in [0.15, 0.2) is 24.3 Å². The highest BCUT2D eigenvalue weighted by Crippen LogP contribution is 2.24. The maximum atomic E-state index is 14.0. The summed E-state index contributed by atoms with van der Waals surface area (Å²) >= 11 is 5.86.